The molecule has 1 N–H and O–H groups in total. The Balaban J connectivity index is 1.93. The second kappa shape index (κ2) is 5.49. The molecule has 3 heterocycles. The van der Waals surface area contributed by atoms with E-state index in [2.05, 4.69) is 39.4 Å². The predicted molar refractivity (Wildman–Crippen MR) is 90.8 cm³/mol. The quantitative estimate of drug-likeness (QED) is 0.596. The third kappa shape index (κ3) is 2.37. The molecule has 22 heavy (non-hydrogen) atoms. The summed E-state index contributed by atoms with van der Waals surface area (Å²) < 4.78 is 1.85. The maximum atomic E-state index is 4.38. The van der Waals surface area contributed by atoms with Crippen molar-refractivity contribution in [3.63, 3.8) is 0 Å². The van der Waals surface area contributed by atoms with Gasteiger partial charge in [-0.05, 0) is 33.3 Å². The van der Waals surface area contributed by atoms with E-state index in [1.54, 1.807) is 23.9 Å². The number of thiophene rings is 1. The first-order valence-corrected chi connectivity index (χ1v) is 7.80. The van der Waals surface area contributed by atoms with Crippen LogP contribution in [0.15, 0.2) is 11.4 Å². The highest BCUT2D eigenvalue weighted by Crippen LogP contribution is 2.32. The molecule has 0 bridgehead atoms. The van der Waals surface area contributed by atoms with Crippen LogP contribution in [0, 0.1) is 27.7 Å². The van der Waals surface area contributed by atoms with Gasteiger partial charge >= 0.3 is 0 Å². The summed E-state index contributed by atoms with van der Waals surface area (Å²) in [5, 5.41) is 9.75. The van der Waals surface area contributed by atoms with Crippen LogP contribution in [0.1, 0.15) is 27.4 Å². The lowest BCUT2D eigenvalue weighted by Gasteiger charge is -2.02. The number of aromatic nitrogens is 4. The monoisotopic (exact) mass is 314 g/mol. The molecule has 0 atom stereocenters. The Hall–Kier alpha value is -2.28. The molecule has 0 aliphatic carbocycles. The van der Waals surface area contributed by atoms with Crippen molar-refractivity contribution >= 4 is 33.6 Å². The molecular formula is C15H18N6S. The second-order valence-electron chi connectivity index (χ2n) is 5.26. The lowest BCUT2D eigenvalue weighted by molar-refractivity contribution is 0.731. The number of anilines is 1. The highest BCUT2D eigenvalue weighted by atomic mass is 32.1. The van der Waals surface area contributed by atoms with Gasteiger partial charge in [0.1, 0.15) is 11.2 Å². The van der Waals surface area contributed by atoms with Gasteiger partial charge in [0.25, 0.3) is 0 Å². The molecule has 0 fully saturated rings. The van der Waals surface area contributed by atoms with Crippen molar-refractivity contribution in [1.82, 2.24) is 19.7 Å². The fourth-order valence-electron chi connectivity index (χ4n) is 2.40. The smallest absolute Gasteiger partial charge is 0.158 e. The normalized spacial score (nSPS) is 11.7. The number of fused-ring (bicyclic) bond motifs is 1. The van der Waals surface area contributed by atoms with Crippen molar-refractivity contribution in [3.05, 3.63) is 33.7 Å². The number of nitrogens with one attached hydrogen (secondary N) is 1. The summed E-state index contributed by atoms with van der Waals surface area (Å²) in [5.74, 6) is 0.738. The largest absolute Gasteiger partial charge is 0.272 e. The van der Waals surface area contributed by atoms with Gasteiger partial charge in [0.15, 0.2) is 5.82 Å². The van der Waals surface area contributed by atoms with Crippen LogP contribution >= 0.6 is 11.3 Å². The number of hydrazone groups is 1. The van der Waals surface area contributed by atoms with E-state index in [-0.39, 0.29) is 0 Å². The van der Waals surface area contributed by atoms with Crippen molar-refractivity contribution < 1.29 is 0 Å². The zero-order valence-corrected chi connectivity index (χ0v) is 14.1. The van der Waals surface area contributed by atoms with E-state index in [1.165, 1.54) is 10.4 Å². The summed E-state index contributed by atoms with van der Waals surface area (Å²) in [4.78, 5) is 10.9. The van der Waals surface area contributed by atoms with Gasteiger partial charge in [0.05, 0.1) is 17.3 Å². The Morgan fingerprint density at radius 3 is 2.68 bits per heavy atom. The van der Waals surface area contributed by atoms with Crippen LogP contribution in [0.4, 0.5) is 5.82 Å². The van der Waals surface area contributed by atoms with Crippen molar-refractivity contribution in [2.75, 3.05) is 5.43 Å². The van der Waals surface area contributed by atoms with Crippen LogP contribution in [0.2, 0.25) is 0 Å². The molecule has 3 aromatic rings. The molecule has 0 radical (unpaired) electrons. The highest BCUT2D eigenvalue weighted by Gasteiger charge is 2.11. The lowest BCUT2D eigenvalue weighted by Crippen LogP contribution is -1.97. The average molecular weight is 314 g/mol. The van der Waals surface area contributed by atoms with Crippen molar-refractivity contribution in [2.45, 2.75) is 27.7 Å². The molecule has 0 saturated heterocycles. The Morgan fingerprint density at radius 2 is 2.00 bits per heavy atom. The lowest BCUT2D eigenvalue weighted by atomic mass is 10.2. The first kappa shape index (κ1) is 14.6. The maximum absolute atomic E-state index is 4.38. The molecule has 114 valence electrons. The number of hydrogen-bond donors (Lipinski definition) is 1. The van der Waals surface area contributed by atoms with Gasteiger partial charge in [0.2, 0.25) is 0 Å². The van der Waals surface area contributed by atoms with Crippen LogP contribution < -0.4 is 5.43 Å². The standard InChI is InChI=1S/C15H18N6S/c1-8-11(4)22-15-13(8)14(16-7-17-15)19-18-6-12-9(2)20-21(5)10(12)3/h6-7H,1-5H3,(H,16,17,19)/b18-6+. The maximum Gasteiger partial charge on any atom is 0.158 e. The minimum absolute atomic E-state index is 0.738. The van der Waals surface area contributed by atoms with Gasteiger partial charge < -0.3 is 0 Å². The van der Waals surface area contributed by atoms with Gasteiger partial charge in [0, 0.05) is 23.2 Å². The van der Waals surface area contributed by atoms with Gasteiger partial charge in [-0.2, -0.15) is 10.2 Å². The third-order valence-electron chi connectivity index (χ3n) is 3.89. The molecule has 0 aliphatic heterocycles. The van der Waals surface area contributed by atoms with E-state index in [1.807, 2.05) is 25.6 Å². The minimum Gasteiger partial charge on any atom is -0.272 e. The molecule has 0 aromatic carbocycles. The Morgan fingerprint density at radius 1 is 1.23 bits per heavy atom. The van der Waals surface area contributed by atoms with Gasteiger partial charge in [-0.1, -0.05) is 0 Å². The first-order chi connectivity index (χ1) is 10.5. The van der Waals surface area contributed by atoms with E-state index in [0.717, 1.165) is 33.0 Å². The zero-order chi connectivity index (χ0) is 15.9. The minimum atomic E-state index is 0.738. The molecular weight excluding hydrogens is 296 g/mol. The topological polar surface area (TPSA) is 68.0 Å². The number of hydrogen-bond acceptors (Lipinski definition) is 6. The molecule has 0 aliphatic rings. The molecule has 3 aromatic heterocycles. The molecule has 7 heteroatoms. The van der Waals surface area contributed by atoms with Crippen LogP contribution in [0.3, 0.4) is 0 Å². The summed E-state index contributed by atoms with van der Waals surface area (Å²) in [7, 11) is 1.93. The Kier molecular flexibility index (Phi) is 3.66. The van der Waals surface area contributed by atoms with Crippen LogP contribution in [-0.4, -0.2) is 26.0 Å². The van der Waals surface area contributed by atoms with Crippen molar-refractivity contribution in [2.24, 2.45) is 12.1 Å². The van der Waals surface area contributed by atoms with Crippen molar-refractivity contribution in [1.29, 1.82) is 0 Å². The van der Waals surface area contributed by atoms with Gasteiger partial charge in [-0.25, -0.2) is 9.97 Å². The summed E-state index contributed by atoms with van der Waals surface area (Å²) >= 11 is 1.67. The average Bonchev–Trinajstić information content (AvgIpc) is 2.90. The second-order valence-corrected chi connectivity index (χ2v) is 6.47. The third-order valence-corrected chi connectivity index (χ3v) is 5.01. The van der Waals surface area contributed by atoms with Crippen molar-refractivity contribution in [3.8, 4) is 0 Å². The predicted octanol–water partition coefficient (Wildman–Crippen LogP) is 3.10. The van der Waals surface area contributed by atoms with E-state index < -0.39 is 0 Å². The van der Waals surface area contributed by atoms with Crippen LogP contribution in [-0.2, 0) is 7.05 Å². The first-order valence-electron chi connectivity index (χ1n) is 6.99. The fourth-order valence-corrected chi connectivity index (χ4v) is 3.40. The molecule has 0 saturated carbocycles. The van der Waals surface area contributed by atoms with Gasteiger partial charge in [-0.3, -0.25) is 10.1 Å². The summed E-state index contributed by atoms with van der Waals surface area (Å²) in [5.41, 5.74) is 7.31. The van der Waals surface area contributed by atoms with Gasteiger partial charge in [-0.15, -0.1) is 11.3 Å². The Bertz CT molecular complexity index is 874. The molecule has 0 amide bonds. The molecule has 3 rings (SSSR count). The number of rotatable bonds is 3. The van der Waals surface area contributed by atoms with E-state index in [0.29, 0.717) is 0 Å². The van der Waals surface area contributed by atoms with E-state index in [4.69, 9.17) is 0 Å². The highest BCUT2D eigenvalue weighted by molar-refractivity contribution is 7.18. The van der Waals surface area contributed by atoms with Crippen LogP contribution in [0.5, 0.6) is 0 Å². The van der Waals surface area contributed by atoms with Crippen LogP contribution in [0.25, 0.3) is 10.2 Å². The van der Waals surface area contributed by atoms with E-state index in [9.17, 15) is 0 Å². The SMILES string of the molecule is Cc1nn(C)c(C)c1/C=N/Nc1ncnc2sc(C)c(C)c12. The molecule has 6 nitrogen and oxygen atoms in total. The summed E-state index contributed by atoms with van der Waals surface area (Å²) in [6, 6.07) is 0. The summed E-state index contributed by atoms with van der Waals surface area (Å²) in [6.07, 6.45) is 3.36. The summed E-state index contributed by atoms with van der Waals surface area (Å²) in [6.45, 7) is 8.18. The fraction of sp³-hybridized carbons (Fsp3) is 0.333. The molecule has 0 unspecified atom stereocenters. The number of nitrogens with zero attached hydrogens (tertiary/aromatic N) is 5. The number of aryl methyl sites for hydroxylation is 4. The Labute approximate surface area is 132 Å². The zero-order valence-electron chi connectivity index (χ0n) is 13.3. The van der Waals surface area contributed by atoms with E-state index >= 15 is 0 Å². The molecule has 0 spiro atoms.